The lowest BCUT2D eigenvalue weighted by Gasteiger charge is -2.36. The van der Waals surface area contributed by atoms with Gasteiger partial charge in [0.05, 0.1) is 0 Å². The molecule has 118 valence electrons. The summed E-state index contributed by atoms with van der Waals surface area (Å²) in [6, 6.07) is -0.367. The van der Waals surface area contributed by atoms with Crippen molar-refractivity contribution < 1.29 is 14.4 Å². The van der Waals surface area contributed by atoms with Crippen LogP contribution in [0.1, 0.15) is 19.3 Å². The summed E-state index contributed by atoms with van der Waals surface area (Å²) in [5, 5.41) is 2.70. The number of rotatable bonds is 4. The van der Waals surface area contributed by atoms with Gasteiger partial charge in [0, 0.05) is 45.6 Å². The second kappa shape index (κ2) is 6.89. The van der Waals surface area contributed by atoms with Crippen molar-refractivity contribution in [3.63, 3.8) is 0 Å². The van der Waals surface area contributed by atoms with Gasteiger partial charge in [-0.1, -0.05) is 0 Å². The van der Waals surface area contributed by atoms with Gasteiger partial charge >= 0.3 is 0 Å². The Kier molecular flexibility index (Phi) is 5.17. The third-order valence-electron chi connectivity index (χ3n) is 4.01. The summed E-state index contributed by atoms with van der Waals surface area (Å²) in [6.45, 7) is 3.02. The van der Waals surface area contributed by atoms with Gasteiger partial charge in [-0.3, -0.25) is 14.4 Å². The summed E-state index contributed by atoms with van der Waals surface area (Å²) in [5.41, 5.74) is 0. The maximum atomic E-state index is 12.2. The molecule has 2 heterocycles. The Labute approximate surface area is 125 Å². The highest BCUT2D eigenvalue weighted by Gasteiger charge is 2.32. The van der Waals surface area contributed by atoms with E-state index in [1.807, 2.05) is 23.9 Å². The molecule has 21 heavy (non-hydrogen) atoms. The van der Waals surface area contributed by atoms with Crippen LogP contribution in [0, 0.1) is 0 Å². The van der Waals surface area contributed by atoms with E-state index in [1.165, 1.54) is 0 Å². The molecule has 1 atom stereocenters. The molecule has 1 N–H and O–H groups in total. The number of hydrogen-bond acceptors (Lipinski definition) is 4. The van der Waals surface area contributed by atoms with Gasteiger partial charge in [0.1, 0.15) is 6.04 Å². The van der Waals surface area contributed by atoms with Crippen LogP contribution in [0.5, 0.6) is 0 Å². The maximum Gasteiger partial charge on any atom is 0.245 e. The van der Waals surface area contributed by atoms with E-state index in [1.54, 1.807) is 4.90 Å². The zero-order valence-corrected chi connectivity index (χ0v) is 12.8. The van der Waals surface area contributed by atoms with Crippen LogP contribution in [0.3, 0.4) is 0 Å². The van der Waals surface area contributed by atoms with Crippen molar-refractivity contribution in [2.75, 3.05) is 46.8 Å². The van der Waals surface area contributed by atoms with Crippen LogP contribution in [0.25, 0.3) is 0 Å². The van der Waals surface area contributed by atoms with E-state index in [-0.39, 0.29) is 23.8 Å². The van der Waals surface area contributed by atoms with Gasteiger partial charge < -0.3 is 20.0 Å². The molecule has 2 saturated heterocycles. The lowest BCUT2D eigenvalue weighted by Crippen LogP contribution is -2.54. The predicted molar refractivity (Wildman–Crippen MR) is 77.5 cm³/mol. The average Bonchev–Trinajstić information content (AvgIpc) is 2.90. The Morgan fingerprint density at radius 3 is 2.33 bits per heavy atom. The molecule has 2 aliphatic heterocycles. The van der Waals surface area contributed by atoms with Gasteiger partial charge in [-0.25, -0.2) is 0 Å². The first kappa shape index (κ1) is 15.8. The molecule has 0 radical (unpaired) electrons. The first-order valence-corrected chi connectivity index (χ1v) is 7.48. The smallest absolute Gasteiger partial charge is 0.245 e. The molecule has 1 unspecified atom stereocenters. The minimum absolute atomic E-state index is 0.0127. The molecule has 2 rings (SSSR count). The Morgan fingerprint density at radius 1 is 1.19 bits per heavy atom. The second-order valence-electron chi connectivity index (χ2n) is 5.92. The zero-order chi connectivity index (χ0) is 15.4. The highest BCUT2D eigenvalue weighted by Crippen LogP contribution is 2.12. The van der Waals surface area contributed by atoms with Crippen LogP contribution >= 0.6 is 0 Å². The topological polar surface area (TPSA) is 73.0 Å². The Hall–Kier alpha value is -1.63. The van der Waals surface area contributed by atoms with Crippen LogP contribution in [0.4, 0.5) is 0 Å². The molecule has 7 heteroatoms. The summed E-state index contributed by atoms with van der Waals surface area (Å²) < 4.78 is 0. The normalized spacial score (nSPS) is 22.6. The van der Waals surface area contributed by atoms with Gasteiger partial charge in [0.25, 0.3) is 0 Å². The van der Waals surface area contributed by atoms with Crippen molar-refractivity contribution in [2.45, 2.75) is 25.3 Å². The van der Waals surface area contributed by atoms with Crippen LogP contribution in [0.2, 0.25) is 0 Å². The first-order valence-electron chi connectivity index (χ1n) is 7.48. The highest BCUT2D eigenvalue weighted by atomic mass is 16.2. The number of carbonyl (C=O) groups is 3. The molecular formula is C14H24N4O3. The minimum atomic E-state index is -0.367. The average molecular weight is 296 g/mol. The Morgan fingerprint density at radius 2 is 1.81 bits per heavy atom. The molecule has 0 bridgehead atoms. The van der Waals surface area contributed by atoms with E-state index in [9.17, 15) is 14.4 Å². The largest absolute Gasteiger partial charge is 0.344 e. The van der Waals surface area contributed by atoms with Crippen molar-refractivity contribution in [1.82, 2.24) is 20.0 Å². The van der Waals surface area contributed by atoms with Crippen molar-refractivity contribution >= 4 is 17.7 Å². The zero-order valence-electron chi connectivity index (χ0n) is 12.8. The summed E-state index contributed by atoms with van der Waals surface area (Å²) in [4.78, 5) is 41.0. The maximum absolute atomic E-state index is 12.2. The number of nitrogens with zero attached hydrogens (tertiary/aromatic N) is 3. The Balaban J connectivity index is 1.76. The fourth-order valence-electron chi connectivity index (χ4n) is 2.67. The van der Waals surface area contributed by atoms with Crippen LogP contribution in [0.15, 0.2) is 0 Å². The first-order chi connectivity index (χ1) is 9.97. The molecule has 0 aromatic heterocycles. The molecular weight excluding hydrogens is 272 g/mol. The summed E-state index contributed by atoms with van der Waals surface area (Å²) in [5.74, 6) is 0.0806. The molecule has 0 aromatic carbocycles. The summed E-state index contributed by atoms with van der Waals surface area (Å²) in [7, 11) is 3.89. The highest BCUT2D eigenvalue weighted by molar-refractivity contribution is 5.91. The van der Waals surface area contributed by atoms with Gasteiger partial charge in [0.15, 0.2) is 0 Å². The molecule has 2 fully saturated rings. The van der Waals surface area contributed by atoms with Crippen LogP contribution < -0.4 is 5.32 Å². The number of hydrogen-bond donors (Lipinski definition) is 1. The minimum Gasteiger partial charge on any atom is -0.344 e. The number of piperazine rings is 1. The predicted octanol–water partition coefficient (Wildman–Crippen LogP) is -1.11. The fourth-order valence-corrected chi connectivity index (χ4v) is 2.67. The molecule has 0 saturated carbocycles. The summed E-state index contributed by atoms with van der Waals surface area (Å²) >= 11 is 0. The van der Waals surface area contributed by atoms with E-state index >= 15 is 0 Å². The van der Waals surface area contributed by atoms with E-state index < -0.39 is 0 Å². The van der Waals surface area contributed by atoms with E-state index in [0.717, 1.165) is 6.54 Å². The Bertz CT molecular complexity index is 416. The van der Waals surface area contributed by atoms with Gasteiger partial charge in [-0.15, -0.1) is 0 Å². The van der Waals surface area contributed by atoms with Gasteiger partial charge in [-0.05, 0) is 20.5 Å². The monoisotopic (exact) mass is 296 g/mol. The van der Waals surface area contributed by atoms with Crippen LogP contribution in [-0.2, 0) is 14.4 Å². The van der Waals surface area contributed by atoms with Crippen molar-refractivity contribution in [1.29, 1.82) is 0 Å². The van der Waals surface area contributed by atoms with Crippen molar-refractivity contribution in [3.8, 4) is 0 Å². The number of nitrogens with one attached hydrogen (secondary N) is 1. The van der Waals surface area contributed by atoms with Gasteiger partial charge in [0.2, 0.25) is 17.7 Å². The molecule has 0 aliphatic carbocycles. The summed E-state index contributed by atoms with van der Waals surface area (Å²) in [6.07, 6.45) is 1.53. The number of carbonyl (C=O) groups excluding carboxylic acids is 3. The van der Waals surface area contributed by atoms with E-state index in [2.05, 4.69) is 5.32 Å². The SMILES string of the molecule is CN(C)CCC(=O)N1CCN(C(=O)C2CCC(=O)N2)CC1. The number of amides is 3. The fraction of sp³-hybridized carbons (Fsp3) is 0.786. The molecule has 0 aromatic rings. The van der Waals surface area contributed by atoms with Gasteiger partial charge in [-0.2, -0.15) is 0 Å². The molecule has 7 nitrogen and oxygen atoms in total. The molecule has 2 aliphatic rings. The quantitative estimate of drug-likeness (QED) is 0.714. The third-order valence-corrected chi connectivity index (χ3v) is 4.01. The van der Waals surface area contributed by atoms with Crippen molar-refractivity contribution in [3.05, 3.63) is 0 Å². The van der Waals surface area contributed by atoms with E-state index in [4.69, 9.17) is 0 Å². The molecule has 0 spiro atoms. The van der Waals surface area contributed by atoms with Crippen molar-refractivity contribution in [2.24, 2.45) is 0 Å². The third kappa shape index (κ3) is 4.17. The second-order valence-corrected chi connectivity index (χ2v) is 5.92. The van der Waals surface area contributed by atoms with E-state index in [0.29, 0.717) is 45.4 Å². The lowest BCUT2D eigenvalue weighted by molar-refractivity contribution is -0.141. The van der Waals surface area contributed by atoms with Crippen LogP contribution in [-0.4, -0.2) is 85.3 Å². The molecule has 3 amide bonds. The standard InChI is InChI=1S/C14H24N4O3/c1-16(2)6-5-13(20)17-7-9-18(10-8-17)14(21)11-3-4-12(19)15-11/h11H,3-10H2,1-2H3,(H,15,19). The lowest BCUT2D eigenvalue weighted by atomic mass is 10.2.